The van der Waals surface area contributed by atoms with Gasteiger partial charge in [-0.25, -0.2) is 8.78 Å². The molecule has 0 spiro atoms. The van der Waals surface area contributed by atoms with Crippen molar-refractivity contribution in [2.24, 2.45) is 0 Å². The minimum atomic E-state index is -1.02. The van der Waals surface area contributed by atoms with Crippen molar-refractivity contribution in [2.75, 3.05) is 31.5 Å². The number of hydrogen-bond acceptors (Lipinski definition) is 5. The lowest BCUT2D eigenvalue weighted by Crippen LogP contribution is -2.44. The predicted molar refractivity (Wildman–Crippen MR) is 112 cm³/mol. The number of carbonyl (C=O) groups excluding carboxylic acids is 3. The van der Waals surface area contributed by atoms with Crippen LogP contribution < -0.4 is 5.32 Å². The molecule has 9 heteroatoms. The third kappa shape index (κ3) is 8.24. The van der Waals surface area contributed by atoms with Gasteiger partial charge in [-0.05, 0) is 58.7 Å². The van der Waals surface area contributed by atoms with Crippen molar-refractivity contribution >= 4 is 23.5 Å². The molecular weight excluding hydrogens is 408 g/mol. The second-order valence-electron chi connectivity index (χ2n) is 8.77. The van der Waals surface area contributed by atoms with Crippen LogP contribution in [0.4, 0.5) is 14.5 Å². The normalized spacial score (nSPS) is 17.5. The molecule has 1 aromatic carbocycles. The van der Waals surface area contributed by atoms with E-state index in [0.717, 1.165) is 18.6 Å². The molecule has 7 nitrogen and oxygen atoms in total. The van der Waals surface area contributed by atoms with Crippen LogP contribution in [0.2, 0.25) is 0 Å². The van der Waals surface area contributed by atoms with E-state index >= 15 is 0 Å². The first-order valence-corrected chi connectivity index (χ1v) is 10.4. The zero-order valence-corrected chi connectivity index (χ0v) is 18.5. The van der Waals surface area contributed by atoms with Gasteiger partial charge in [-0.2, -0.15) is 0 Å². The molecule has 0 saturated carbocycles. The molecule has 31 heavy (non-hydrogen) atoms. The molecule has 2 amide bonds. The summed E-state index contributed by atoms with van der Waals surface area (Å²) in [5, 5.41) is 2.56. The third-order valence-corrected chi connectivity index (χ3v) is 4.93. The average Bonchev–Trinajstić information content (AvgIpc) is 2.86. The molecule has 2 rings (SSSR count). The zero-order chi connectivity index (χ0) is 23.2. The second kappa shape index (κ2) is 10.7. The van der Waals surface area contributed by atoms with Gasteiger partial charge < -0.3 is 15.0 Å². The van der Waals surface area contributed by atoms with Crippen molar-refractivity contribution in [3.05, 3.63) is 29.8 Å². The van der Waals surface area contributed by atoms with E-state index in [1.807, 2.05) is 4.90 Å². The van der Waals surface area contributed by atoms with Crippen molar-refractivity contribution in [1.29, 1.82) is 0 Å². The van der Waals surface area contributed by atoms with Gasteiger partial charge in [-0.3, -0.25) is 19.3 Å². The van der Waals surface area contributed by atoms with Gasteiger partial charge in [0.15, 0.2) is 11.6 Å². The number of ether oxygens (including phenoxy) is 1. The fourth-order valence-electron chi connectivity index (χ4n) is 3.60. The van der Waals surface area contributed by atoms with Crippen molar-refractivity contribution in [2.45, 2.75) is 58.6 Å². The molecule has 1 aliphatic rings. The molecule has 0 aliphatic carbocycles. The standard InChI is InChI=1S/C22H31F2N3O4/c1-15(28)27(14-21(30)31-22(2,3)4)17-6-5-10-26(11-9-17)13-20(29)25-16-7-8-18(23)19(24)12-16/h7-8,12,17H,5-6,9-11,13-14H2,1-4H3,(H,25,29)/t17-/m1/s1. The predicted octanol–water partition coefficient (Wildman–Crippen LogP) is 2.95. The number of rotatable bonds is 6. The number of likely N-dealkylation sites (tertiary alicyclic amines) is 1. The Morgan fingerprint density at radius 3 is 2.48 bits per heavy atom. The van der Waals surface area contributed by atoms with Crippen molar-refractivity contribution in [3.8, 4) is 0 Å². The SMILES string of the molecule is CC(=O)N(CC(=O)OC(C)(C)C)[C@@H]1CCCN(CC(=O)Nc2ccc(F)c(F)c2)CC1. The summed E-state index contributed by atoms with van der Waals surface area (Å²) in [4.78, 5) is 40.1. The van der Waals surface area contributed by atoms with Gasteiger partial charge in [0.25, 0.3) is 0 Å². The minimum absolute atomic E-state index is 0.0951. The lowest BCUT2D eigenvalue weighted by atomic mass is 10.1. The molecule has 1 saturated heterocycles. The summed E-state index contributed by atoms with van der Waals surface area (Å²) < 4.78 is 31.7. The van der Waals surface area contributed by atoms with Crippen LogP contribution in [-0.2, 0) is 19.1 Å². The van der Waals surface area contributed by atoms with E-state index in [-0.39, 0.29) is 36.6 Å². The van der Waals surface area contributed by atoms with Gasteiger partial charge in [0.1, 0.15) is 12.1 Å². The van der Waals surface area contributed by atoms with Crippen LogP contribution in [0, 0.1) is 11.6 Å². The number of halogens is 2. The second-order valence-corrected chi connectivity index (χ2v) is 8.77. The Labute approximate surface area is 181 Å². The number of benzene rings is 1. The van der Waals surface area contributed by atoms with Gasteiger partial charge in [0.05, 0.1) is 6.54 Å². The number of hydrogen-bond donors (Lipinski definition) is 1. The number of amides is 2. The maximum Gasteiger partial charge on any atom is 0.326 e. The lowest BCUT2D eigenvalue weighted by molar-refractivity contribution is -0.159. The molecule has 1 aliphatic heterocycles. The number of anilines is 1. The molecule has 1 N–H and O–H groups in total. The summed E-state index contributed by atoms with van der Waals surface area (Å²) in [5.41, 5.74) is -0.433. The van der Waals surface area contributed by atoms with E-state index in [0.29, 0.717) is 25.9 Å². The highest BCUT2D eigenvalue weighted by Gasteiger charge is 2.28. The monoisotopic (exact) mass is 439 g/mol. The first-order chi connectivity index (χ1) is 14.4. The van der Waals surface area contributed by atoms with Crippen LogP contribution in [0.3, 0.4) is 0 Å². The topological polar surface area (TPSA) is 79.0 Å². The highest BCUT2D eigenvalue weighted by Crippen LogP contribution is 2.19. The summed E-state index contributed by atoms with van der Waals surface area (Å²) in [6.07, 6.45) is 2.08. The summed E-state index contributed by atoms with van der Waals surface area (Å²) in [6, 6.07) is 3.08. The highest BCUT2D eigenvalue weighted by molar-refractivity contribution is 5.92. The molecule has 1 atom stereocenters. The average molecular weight is 440 g/mol. The minimum Gasteiger partial charge on any atom is -0.459 e. The van der Waals surface area contributed by atoms with E-state index in [1.54, 1.807) is 25.7 Å². The van der Waals surface area contributed by atoms with Gasteiger partial charge >= 0.3 is 5.97 Å². The van der Waals surface area contributed by atoms with E-state index in [4.69, 9.17) is 4.74 Å². The van der Waals surface area contributed by atoms with E-state index in [9.17, 15) is 23.2 Å². The Balaban J connectivity index is 1.90. The van der Waals surface area contributed by atoms with Gasteiger partial charge in [0.2, 0.25) is 11.8 Å². The van der Waals surface area contributed by atoms with Crippen molar-refractivity contribution in [3.63, 3.8) is 0 Å². The first kappa shape index (κ1) is 24.7. The summed E-state index contributed by atoms with van der Waals surface area (Å²) in [6.45, 7) is 7.97. The summed E-state index contributed by atoms with van der Waals surface area (Å²) >= 11 is 0. The number of nitrogens with one attached hydrogen (secondary N) is 1. The van der Waals surface area contributed by atoms with E-state index in [1.165, 1.54) is 13.0 Å². The quantitative estimate of drug-likeness (QED) is 0.690. The third-order valence-electron chi connectivity index (χ3n) is 4.93. The number of carbonyl (C=O) groups is 3. The fraction of sp³-hybridized carbons (Fsp3) is 0.591. The van der Waals surface area contributed by atoms with Crippen molar-refractivity contribution < 1.29 is 27.9 Å². The molecule has 0 radical (unpaired) electrons. The molecule has 1 heterocycles. The largest absolute Gasteiger partial charge is 0.459 e. The zero-order valence-electron chi connectivity index (χ0n) is 18.5. The van der Waals surface area contributed by atoms with Crippen LogP contribution in [-0.4, -0.2) is 65.4 Å². The Morgan fingerprint density at radius 1 is 1.16 bits per heavy atom. The van der Waals surface area contributed by atoms with Crippen LogP contribution in [0.25, 0.3) is 0 Å². The molecule has 172 valence electrons. The van der Waals surface area contributed by atoms with Crippen LogP contribution in [0.15, 0.2) is 18.2 Å². The molecule has 1 fully saturated rings. The molecule has 0 unspecified atom stereocenters. The molecule has 1 aromatic rings. The smallest absolute Gasteiger partial charge is 0.326 e. The van der Waals surface area contributed by atoms with Crippen LogP contribution in [0.5, 0.6) is 0 Å². The van der Waals surface area contributed by atoms with Crippen molar-refractivity contribution in [1.82, 2.24) is 9.80 Å². The van der Waals surface area contributed by atoms with Crippen LogP contribution >= 0.6 is 0 Å². The Morgan fingerprint density at radius 2 is 1.87 bits per heavy atom. The van der Waals surface area contributed by atoms with E-state index < -0.39 is 23.2 Å². The molecular formula is C22H31F2N3O4. The Hall–Kier alpha value is -2.55. The summed E-state index contributed by atoms with van der Waals surface area (Å²) in [5.74, 6) is -2.97. The van der Waals surface area contributed by atoms with E-state index in [2.05, 4.69) is 5.32 Å². The number of esters is 1. The van der Waals surface area contributed by atoms with Gasteiger partial charge in [0, 0.05) is 31.3 Å². The number of nitrogens with zero attached hydrogens (tertiary/aromatic N) is 2. The van der Waals surface area contributed by atoms with Crippen LogP contribution in [0.1, 0.15) is 47.0 Å². The maximum atomic E-state index is 13.3. The molecule has 0 aromatic heterocycles. The highest BCUT2D eigenvalue weighted by atomic mass is 19.2. The Kier molecular flexibility index (Phi) is 8.50. The lowest BCUT2D eigenvalue weighted by Gasteiger charge is -2.31. The maximum absolute atomic E-state index is 13.3. The van der Waals surface area contributed by atoms with Gasteiger partial charge in [-0.15, -0.1) is 0 Å². The fourth-order valence-corrected chi connectivity index (χ4v) is 3.60. The summed E-state index contributed by atoms with van der Waals surface area (Å²) in [7, 11) is 0. The Bertz CT molecular complexity index is 810. The molecule has 0 bridgehead atoms. The first-order valence-electron chi connectivity index (χ1n) is 10.4. The van der Waals surface area contributed by atoms with Gasteiger partial charge in [-0.1, -0.05) is 0 Å².